The van der Waals surface area contributed by atoms with Crippen LogP contribution in [0.3, 0.4) is 0 Å². The molecule has 17 heavy (non-hydrogen) atoms. The second-order valence-corrected chi connectivity index (χ2v) is 3.28. The van der Waals surface area contributed by atoms with Gasteiger partial charge in [-0.25, -0.2) is 0 Å². The molecule has 0 aliphatic rings. The Labute approximate surface area is 94.2 Å². The molecule has 1 aromatic heterocycles. The molecular weight excluding hydrogens is 227 g/mol. The largest absolute Gasteiger partial charge is 0.397 e. The molecule has 0 saturated heterocycles. The van der Waals surface area contributed by atoms with E-state index in [2.05, 4.69) is 4.98 Å². The maximum atomic E-state index is 13.3. The zero-order chi connectivity index (χ0) is 12.6. The summed E-state index contributed by atoms with van der Waals surface area (Å²) in [7, 11) is 0. The van der Waals surface area contributed by atoms with Gasteiger partial charge in [-0.1, -0.05) is 0 Å². The average Bonchev–Trinajstić information content (AvgIpc) is 2.28. The summed E-state index contributed by atoms with van der Waals surface area (Å²) in [5.74, 6) is -0.987. The highest BCUT2D eigenvalue weighted by atomic mass is 19.1. The quantitative estimate of drug-likeness (QED) is 0.595. The smallest absolute Gasteiger partial charge is 0.305 e. The summed E-state index contributed by atoms with van der Waals surface area (Å²) in [5.41, 5.74) is 5.27. The van der Waals surface area contributed by atoms with Gasteiger partial charge in [0.1, 0.15) is 6.07 Å². The average molecular weight is 232 g/mol. The molecule has 0 atom stereocenters. The summed E-state index contributed by atoms with van der Waals surface area (Å²) < 4.78 is 13.3. The van der Waals surface area contributed by atoms with Crippen molar-refractivity contribution in [3.05, 3.63) is 39.8 Å². The van der Waals surface area contributed by atoms with E-state index < -0.39 is 16.4 Å². The molecule has 6 nitrogen and oxygen atoms in total. The molecule has 0 aliphatic heterocycles. The number of benzene rings is 1. The summed E-state index contributed by atoms with van der Waals surface area (Å²) in [4.78, 5) is 13.5. The Bertz CT molecular complexity index is 678. The maximum absolute atomic E-state index is 13.3. The van der Waals surface area contributed by atoms with Crippen molar-refractivity contribution >= 4 is 22.3 Å². The molecule has 0 fully saturated rings. The van der Waals surface area contributed by atoms with Gasteiger partial charge in [0.15, 0.2) is 0 Å². The Morgan fingerprint density at radius 3 is 2.82 bits per heavy atom. The molecule has 0 spiro atoms. The van der Waals surface area contributed by atoms with Crippen LogP contribution in [0.5, 0.6) is 0 Å². The van der Waals surface area contributed by atoms with Crippen molar-refractivity contribution < 1.29 is 9.31 Å². The van der Waals surface area contributed by atoms with Gasteiger partial charge in [-0.15, -0.1) is 0 Å². The first-order valence-corrected chi connectivity index (χ1v) is 4.47. The summed E-state index contributed by atoms with van der Waals surface area (Å²) in [6, 6.07) is 3.70. The minimum Gasteiger partial charge on any atom is -0.397 e. The number of nitrogens with zero attached hydrogens (tertiary/aromatic N) is 3. The predicted octanol–water partition coefficient (Wildman–Crippen LogP) is 1.74. The number of hydrogen-bond donors (Lipinski definition) is 1. The van der Waals surface area contributed by atoms with E-state index in [-0.39, 0.29) is 22.2 Å². The molecule has 0 radical (unpaired) electrons. The van der Waals surface area contributed by atoms with Gasteiger partial charge in [0.05, 0.1) is 21.7 Å². The van der Waals surface area contributed by atoms with E-state index in [1.54, 1.807) is 6.07 Å². The van der Waals surface area contributed by atoms with E-state index in [0.29, 0.717) is 0 Å². The molecule has 84 valence electrons. The van der Waals surface area contributed by atoms with Crippen molar-refractivity contribution in [3.8, 4) is 6.07 Å². The lowest BCUT2D eigenvalue weighted by molar-refractivity contribution is -0.387. The predicted molar refractivity (Wildman–Crippen MR) is 57.5 cm³/mol. The second-order valence-electron chi connectivity index (χ2n) is 3.28. The van der Waals surface area contributed by atoms with Crippen LogP contribution >= 0.6 is 0 Å². The van der Waals surface area contributed by atoms with Crippen LogP contribution in [0.4, 0.5) is 15.8 Å². The molecule has 0 amide bonds. The van der Waals surface area contributed by atoms with Crippen LogP contribution in [0.25, 0.3) is 10.9 Å². The highest BCUT2D eigenvalue weighted by Crippen LogP contribution is 2.28. The number of nitrogens with two attached hydrogens (primary N) is 1. The number of anilines is 1. The van der Waals surface area contributed by atoms with Crippen LogP contribution in [-0.2, 0) is 0 Å². The van der Waals surface area contributed by atoms with E-state index in [4.69, 9.17) is 11.0 Å². The van der Waals surface area contributed by atoms with Crippen molar-refractivity contribution in [2.24, 2.45) is 0 Å². The van der Waals surface area contributed by atoms with E-state index in [1.807, 2.05) is 0 Å². The van der Waals surface area contributed by atoms with Gasteiger partial charge >= 0.3 is 5.69 Å². The Balaban J connectivity index is 2.87. The highest BCUT2D eigenvalue weighted by Gasteiger charge is 2.17. The lowest BCUT2D eigenvalue weighted by Crippen LogP contribution is -1.98. The van der Waals surface area contributed by atoms with Crippen LogP contribution in [0, 0.1) is 27.3 Å². The highest BCUT2D eigenvalue weighted by molar-refractivity contribution is 5.94. The lowest BCUT2D eigenvalue weighted by atomic mass is 10.1. The molecule has 0 bridgehead atoms. The van der Waals surface area contributed by atoms with Crippen molar-refractivity contribution in [2.45, 2.75) is 0 Å². The topological polar surface area (TPSA) is 106 Å². The molecule has 2 N–H and O–H groups in total. The van der Waals surface area contributed by atoms with Gasteiger partial charge in [-0.3, -0.25) is 15.1 Å². The first kappa shape index (κ1) is 10.8. The van der Waals surface area contributed by atoms with Crippen LogP contribution in [0.15, 0.2) is 18.3 Å². The molecule has 1 heterocycles. The summed E-state index contributed by atoms with van der Waals surface area (Å²) in [6.45, 7) is 0. The molecule has 0 aliphatic carbocycles. The fraction of sp³-hybridized carbons (Fsp3) is 0. The van der Waals surface area contributed by atoms with Gasteiger partial charge in [-0.2, -0.15) is 9.65 Å². The minimum absolute atomic E-state index is 0.0561. The van der Waals surface area contributed by atoms with Crippen LogP contribution in [0.1, 0.15) is 5.56 Å². The number of fused-ring (bicyclic) bond motifs is 1. The first-order valence-electron chi connectivity index (χ1n) is 4.47. The number of nitriles is 1. The van der Waals surface area contributed by atoms with Gasteiger partial charge in [0, 0.05) is 23.7 Å². The molecule has 2 rings (SSSR count). The molecule has 1 aromatic carbocycles. The maximum Gasteiger partial charge on any atom is 0.305 e. The van der Waals surface area contributed by atoms with E-state index in [9.17, 15) is 14.5 Å². The first-order chi connectivity index (χ1) is 8.04. The monoisotopic (exact) mass is 232 g/mol. The lowest BCUT2D eigenvalue weighted by Gasteiger charge is -2.03. The zero-order valence-corrected chi connectivity index (χ0v) is 8.35. The Morgan fingerprint density at radius 2 is 2.24 bits per heavy atom. The van der Waals surface area contributed by atoms with Gasteiger partial charge < -0.3 is 5.73 Å². The Kier molecular flexibility index (Phi) is 2.33. The van der Waals surface area contributed by atoms with E-state index >= 15 is 0 Å². The number of aromatic nitrogens is 1. The number of nitro benzene ring substituents is 1. The fourth-order valence-corrected chi connectivity index (χ4v) is 1.45. The number of hydrogen-bond acceptors (Lipinski definition) is 5. The standard InChI is InChI=1S/C10H5FN4O2/c11-7-2-8-6(1-9(7)15(16)17)10(13)5(3-12)4-14-8/h1-2,4H,(H2,13,14). The van der Waals surface area contributed by atoms with Crippen LogP contribution in [-0.4, -0.2) is 9.91 Å². The van der Waals surface area contributed by atoms with Crippen molar-refractivity contribution in [3.63, 3.8) is 0 Å². The Morgan fingerprint density at radius 1 is 1.53 bits per heavy atom. The van der Waals surface area contributed by atoms with Gasteiger partial charge in [0.2, 0.25) is 5.82 Å². The number of halogens is 1. The van der Waals surface area contributed by atoms with Crippen molar-refractivity contribution in [1.29, 1.82) is 5.26 Å². The Hall–Kier alpha value is -2.75. The number of rotatable bonds is 1. The van der Waals surface area contributed by atoms with Gasteiger partial charge in [0.25, 0.3) is 0 Å². The third-order valence-corrected chi connectivity index (χ3v) is 2.30. The number of pyridine rings is 1. The number of nitro groups is 1. The van der Waals surface area contributed by atoms with E-state index in [1.165, 1.54) is 6.20 Å². The normalized spacial score (nSPS) is 10.1. The van der Waals surface area contributed by atoms with E-state index in [0.717, 1.165) is 12.1 Å². The van der Waals surface area contributed by atoms with Crippen LogP contribution in [0.2, 0.25) is 0 Å². The molecule has 2 aromatic rings. The van der Waals surface area contributed by atoms with Crippen molar-refractivity contribution in [1.82, 2.24) is 4.98 Å². The zero-order valence-electron chi connectivity index (χ0n) is 8.35. The van der Waals surface area contributed by atoms with Crippen LogP contribution < -0.4 is 5.73 Å². The molecular formula is C10H5FN4O2. The minimum atomic E-state index is -0.987. The second kappa shape index (κ2) is 3.68. The SMILES string of the molecule is N#Cc1cnc2cc(F)c([N+](=O)[O-])cc2c1N. The van der Waals surface area contributed by atoms with Gasteiger partial charge in [-0.05, 0) is 0 Å². The fourth-order valence-electron chi connectivity index (χ4n) is 1.45. The molecule has 0 unspecified atom stereocenters. The third-order valence-electron chi connectivity index (χ3n) is 2.30. The number of nitrogen functional groups attached to an aromatic ring is 1. The molecule has 0 saturated carbocycles. The molecule has 7 heteroatoms. The summed E-state index contributed by atoms with van der Waals surface area (Å²) in [6.07, 6.45) is 1.20. The summed E-state index contributed by atoms with van der Waals surface area (Å²) in [5, 5.41) is 19.5. The third kappa shape index (κ3) is 1.61. The van der Waals surface area contributed by atoms with Crippen molar-refractivity contribution in [2.75, 3.05) is 5.73 Å². The summed E-state index contributed by atoms with van der Waals surface area (Å²) >= 11 is 0.